The molecule has 2 aromatic rings. The van der Waals surface area contributed by atoms with Crippen molar-refractivity contribution in [3.63, 3.8) is 0 Å². The number of carbonyl (C=O) groups is 1. The van der Waals surface area contributed by atoms with Crippen LogP contribution in [0.4, 0.5) is 5.69 Å². The fourth-order valence-corrected chi connectivity index (χ4v) is 6.07. The number of ether oxygens (including phenoxy) is 1. The summed E-state index contributed by atoms with van der Waals surface area (Å²) in [7, 11) is 1.48. The molecule has 1 saturated heterocycles. The number of likely N-dealkylation sites (tertiary alicyclic amines) is 1. The molecule has 1 N–H and O–H groups in total. The third-order valence-corrected chi connectivity index (χ3v) is 7.57. The highest BCUT2D eigenvalue weighted by Crippen LogP contribution is 2.59. The number of nitrogens with zero attached hydrogens (tertiary/aromatic N) is 1. The van der Waals surface area contributed by atoms with E-state index < -0.39 is 0 Å². The van der Waals surface area contributed by atoms with Gasteiger partial charge < -0.3 is 10.1 Å². The lowest BCUT2D eigenvalue weighted by Gasteiger charge is -2.44. The molecule has 4 heteroatoms. The van der Waals surface area contributed by atoms with Gasteiger partial charge in [-0.15, -0.1) is 0 Å². The quantitative estimate of drug-likeness (QED) is 0.550. The first-order chi connectivity index (χ1) is 15.1. The molecule has 2 aromatic carbocycles. The summed E-state index contributed by atoms with van der Waals surface area (Å²) in [6, 6.07) is 19.5. The van der Waals surface area contributed by atoms with Gasteiger partial charge in [0.05, 0.1) is 18.1 Å². The maximum Gasteiger partial charge on any atom is 0.336 e. The number of hydrogen-bond donors (Lipinski definition) is 1. The minimum atomic E-state index is -0.228. The third-order valence-electron chi connectivity index (χ3n) is 7.57. The zero-order valence-electron chi connectivity index (χ0n) is 18.4. The fourth-order valence-electron chi connectivity index (χ4n) is 6.07. The molecule has 3 aliphatic rings. The van der Waals surface area contributed by atoms with Gasteiger partial charge in [0.1, 0.15) is 0 Å². The molecule has 0 bridgehead atoms. The minimum Gasteiger partial charge on any atom is -0.466 e. The van der Waals surface area contributed by atoms with Crippen molar-refractivity contribution in [1.29, 1.82) is 0 Å². The van der Waals surface area contributed by atoms with Gasteiger partial charge in [0, 0.05) is 36.4 Å². The monoisotopic (exact) mass is 414 g/mol. The molecule has 3 atom stereocenters. The Kier molecular flexibility index (Phi) is 4.98. The van der Waals surface area contributed by atoms with E-state index in [0.29, 0.717) is 6.04 Å². The molecule has 0 amide bonds. The standard InChI is InChI=1S/C27H30N2O2/c1-4-18(2)20-16-23-27(14-15-29(23)17-19-10-6-5-7-11-19)21-12-8-9-13-22(21)28-25(27)24(20)26(30)31-3/h5-13,20,23,28H,2,4,14-17H2,1,3H3/t20-,23-,27+/m0/s1. The second-order valence-corrected chi connectivity index (χ2v) is 8.94. The van der Waals surface area contributed by atoms with Gasteiger partial charge in [-0.3, -0.25) is 4.90 Å². The molecule has 160 valence electrons. The molecular formula is C27H30N2O2. The second kappa shape index (κ2) is 7.69. The molecule has 5 rings (SSSR count). The smallest absolute Gasteiger partial charge is 0.336 e. The molecule has 2 aliphatic heterocycles. The largest absolute Gasteiger partial charge is 0.466 e. The molecule has 4 nitrogen and oxygen atoms in total. The van der Waals surface area contributed by atoms with Gasteiger partial charge >= 0.3 is 5.97 Å². The van der Waals surface area contributed by atoms with Crippen LogP contribution in [0.5, 0.6) is 0 Å². The van der Waals surface area contributed by atoms with Crippen LogP contribution in [0.2, 0.25) is 0 Å². The molecule has 1 fully saturated rings. The molecule has 1 aliphatic carbocycles. The Morgan fingerprint density at radius 1 is 1.19 bits per heavy atom. The van der Waals surface area contributed by atoms with Crippen molar-refractivity contribution in [1.82, 2.24) is 4.90 Å². The number of methoxy groups -OCH3 is 1. The van der Waals surface area contributed by atoms with Crippen molar-refractivity contribution < 1.29 is 9.53 Å². The minimum absolute atomic E-state index is 0.00348. The number of anilines is 1. The van der Waals surface area contributed by atoms with E-state index in [0.717, 1.165) is 54.9 Å². The van der Waals surface area contributed by atoms with E-state index in [-0.39, 0.29) is 17.3 Å². The zero-order chi connectivity index (χ0) is 21.6. The number of hydrogen-bond acceptors (Lipinski definition) is 4. The van der Waals surface area contributed by atoms with Gasteiger partial charge in [0.2, 0.25) is 0 Å². The molecule has 0 saturated carbocycles. The Bertz CT molecular complexity index is 1060. The summed E-state index contributed by atoms with van der Waals surface area (Å²) in [6.07, 6.45) is 2.74. The SMILES string of the molecule is C=C(CC)[C@@H]1C[C@@H]2N(Cc3ccccc3)CC[C@]23C(=C1C(=O)OC)Nc1ccccc13. The first-order valence-corrected chi connectivity index (χ1v) is 11.2. The van der Waals surface area contributed by atoms with Crippen molar-refractivity contribution in [3.05, 3.63) is 89.1 Å². The Labute approximate surface area is 184 Å². The number of carbonyl (C=O) groups excluding carboxylic acids is 1. The van der Waals surface area contributed by atoms with Gasteiger partial charge in [-0.1, -0.05) is 67.6 Å². The second-order valence-electron chi connectivity index (χ2n) is 8.94. The van der Waals surface area contributed by atoms with Crippen molar-refractivity contribution in [2.24, 2.45) is 5.92 Å². The summed E-state index contributed by atoms with van der Waals surface area (Å²) in [5.41, 5.74) is 6.50. The van der Waals surface area contributed by atoms with Crippen molar-refractivity contribution in [3.8, 4) is 0 Å². The van der Waals surface area contributed by atoms with Crippen LogP contribution >= 0.6 is 0 Å². The van der Waals surface area contributed by atoms with E-state index in [9.17, 15) is 4.79 Å². The Morgan fingerprint density at radius 2 is 1.94 bits per heavy atom. The van der Waals surface area contributed by atoms with Crippen LogP contribution in [0, 0.1) is 5.92 Å². The Morgan fingerprint density at radius 3 is 2.68 bits per heavy atom. The van der Waals surface area contributed by atoms with Crippen LogP contribution < -0.4 is 5.32 Å². The lowest BCUT2D eigenvalue weighted by atomic mass is 9.63. The lowest BCUT2D eigenvalue weighted by molar-refractivity contribution is -0.137. The highest BCUT2D eigenvalue weighted by molar-refractivity contribution is 5.94. The first kappa shape index (κ1) is 20.1. The summed E-state index contributed by atoms with van der Waals surface area (Å²) in [4.78, 5) is 15.7. The summed E-state index contributed by atoms with van der Waals surface area (Å²) < 4.78 is 5.30. The molecule has 0 radical (unpaired) electrons. The van der Waals surface area contributed by atoms with Gasteiger partial charge in [0.15, 0.2) is 0 Å². The average Bonchev–Trinajstić information content (AvgIpc) is 3.34. The molecule has 0 unspecified atom stereocenters. The maximum absolute atomic E-state index is 13.1. The van der Waals surface area contributed by atoms with Crippen LogP contribution in [-0.2, 0) is 21.5 Å². The first-order valence-electron chi connectivity index (χ1n) is 11.2. The van der Waals surface area contributed by atoms with Crippen molar-refractivity contribution in [2.75, 3.05) is 19.0 Å². The topological polar surface area (TPSA) is 41.6 Å². The van der Waals surface area contributed by atoms with E-state index in [2.05, 4.69) is 78.3 Å². The van der Waals surface area contributed by atoms with Crippen LogP contribution in [0.3, 0.4) is 0 Å². The molecule has 0 aromatic heterocycles. The van der Waals surface area contributed by atoms with Gasteiger partial charge in [-0.05, 0) is 36.5 Å². The van der Waals surface area contributed by atoms with Crippen LogP contribution in [0.25, 0.3) is 0 Å². The fraction of sp³-hybridized carbons (Fsp3) is 0.370. The Hall–Kier alpha value is -2.85. The zero-order valence-corrected chi connectivity index (χ0v) is 18.4. The summed E-state index contributed by atoms with van der Waals surface area (Å²) >= 11 is 0. The summed E-state index contributed by atoms with van der Waals surface area (Å²) in [5.74, 6) is -0.224. The molecule has 2 heterocycles. The van der Waals surface area contributed by atoms with Crippen molar-refractivity contribution in [2.45, 2.75) is 44.2 Å². The Balaban J connectivity index is 1.67. The highest BCUT2D eigenvalue weighted by Gasteiger charge is 2.60. The number of benzene rings is 2. The van der Waals surface area contributed by atoms with E-state index in [1.165, 1.54) is 18.2 Å². The predicted molar refractivity (Wildman–Crippen MR) is 124 cm³/mol. The van der Waals surface area contributed by atoms with Gasteiger partial charge in [0.25, 0.3) is 0 Å². The maximum atomic E-state index is 13.1. The number of allylic oxidation sites excluding steroid dienone is 1. The van der Waals surface area contributed by atoms with Gasteiger partial charge in [-0.25, -0.2) is 4.79 Å². The van der Waals surface area contributed by atoms with Crippen LogP contribution in [0.1, 0.15) is 37.3 Å². The summed E-state index contributed by atoms with van der Waals surface area (Å²) in [5, 5.41) is 3.67. The highest BCUT2D eigenvalue weighted by atomic mass is 16.5. The number of nitrogens with one attached hydrogen (secondary N) is 1. The summed E-state index contributed by atoms with van der Waals surface area (Å²) in [6.45, 7) is 8.40. The van der Waals surface area contributed by atoms with E-state index in [4.69, 9.17) is 4.74 Å². The van der Waals surface area contributed by atoms with E-state index in [1.54, 1.807) is 0 Å². The number of fused-ring (bicyclic) bond motifs is 1. The lowest BCUT2D eigenvalue weighted by Crippen LogP contribution is -2.49. The average molecular weight is 415 g/mol. The van der Waals surface area contributed by atoms with E-state index >= 15 is 0 Å². The van der Waals surface area contributed by atoms with Crippen molar-refractivity contribution >= 4 is 11.7 Å². The van der Waals surface area contributed by atoms with Gasteiger partial charge in [-0.2, -0.15) is 0 Å². The molecule has 1 spiro atoms. The normalized spacial score (nSPS) is 26.6. The molecular weight excluding hydrogens is 384 g/mol. The molecule has 31 heavy (non-hydrogen) atoms. The third kappa shape index (κ3) is 2.96. The van der Waals surface area contributed by atoms with Crippen LogP contribution in [-0.4, -0.2) is 30.6 Å². The number of rotatable bonds is 5. The number of para-hydroxylation sites is 1. The number of esters is 1. The predicted octanol–water partition coefficient (Wildman–Crippen LogP) is 5.04. The van der Waals surface area contributed by atoms with E-state index in [1.807, 2.05) is 0 Å². The van der Waals surface area contributed by atoms with Crippen LogP contribution in [0.15, 0.2) is 78.0 Å².